The third-order valence-electron chi connectivity index (χ3n) is 3.63. The van der Waals surface area contributed by atoms with Crippen LogP contribution in [0.2, 0.25) is 0 Å². The molecule has 4 nitrogen and oxygen atoms in total. The number of nitrogens with one attached hydrogen (secondary N) is 1. The Kier molecular flexibility index (Phi) is 4.80. The van der Waals surface area contributed by atoms with Crippen molar-refractivity contribution < 1.29 is 9.53 Å². The number of amides is 1. The van der Waals surface area contributed by atoms with Crippen molar-refractivity contribution >= 4 is 5.91 Å². The molecular weight excluding hydrogens is 240 g/mol. The monoisotopic (exact) mass is 262 g/mol. The van der Waals surface area contributed by atoms with Gasteiger partial charge in [-0.25, -0.2) is 0 Å². The zero-order valence-electron chi connectivity index (χ0n) is 11.7. The van der Waals surface area contributed by atoms with Gasteiger partial charge in [-0.2, -0.15) is 0 Å². The van der Waals surface area contributed by atoms with Crippen molar-refractivity contribution in [1.82, 2.24) is 10.2 Å². The quantitative estimate of drug-likeness (QED) is 0.882. The van der Waals surface area contributed by atoms with Gasteiger partial charge in [-0.15, -0.1) is 0 Å². The maximum Gasteiger partial charge on any atom is 0.260 e. The molecule has 4 heteroatoms. The number of para-hydroxylation sites is 1. The van der Waals surface area contributed by atoms with Crippen LogP contribution in [-0.4, -0.2) is 37.6 Å². The predicted molar refractivity (Wildman–Crippen MR) is 75.2 cm³/mol. The number of hydrogen-bond donors (Lipinski definition) is 1. The van der Waals surface area contributed by atoms with Gasteiger partial charge in [0.25, 0.3) is 5.91 Å². The van der Waals surface area contributed by atoms with Crippen LogP contribution in [-0.2, 0) is 4.79 Å². The van der Waals surface area contributed by atoms with E-state index in [9.17, 15) is 4.79 Å². The summed E-state index contributed by atoms with van der Waals surface area (Å²) >= 11 is 0. The van der Waals surface area contributed by atoms with Crippen LogP contribution in [0.15, 0.2) is 24.3 Å². The van der Waals surface area contributed by atoms with Gasteiger partial charge in [0.2, 0.25) is 0 Å². The molecule has 1 fully saturated rings. The Balaban J connectivity index is 1.97. The van der Waals surface area contributed by atoms with E-state index >= 15 is 0 Å². The summed E-state index contributed by atoms with van der Waals surface area (Å²) in [6.07, 6.45) is 2.22. The first kappa shape index (κ1) is 13.9. The summed E-state index contributed by atoms with van der Waals surface area (Å²) in [5.41, 5.74) is 1.08. The lowest BCUT2D eigenvalue weighted by atomic mass is 10.1. The van der Waals surface area contributed by atoms with Crippen LogP contribution < -0.4 is 10.1 Å². The Labute approximate surface area is 114 Å². The van der Waals surface area contributed by atoms with Gasteiger partial charge < -0.3 is 15.0 Å². The van der Waals surface area contributed by atoms with E-state index in [0.29, 0.717) is 0 Å². The second-order valence-electron chi connectivity index (χ2n) is 4.92. The number of nitrogens with zero attached hydrogens (tertiary/aromatic N) is 1. The first-order valence-corrected chi connectivity index (χ1v) is 6.89. The van der Waals surface area contributed by atoms with Gasteiger partial charge in [0, 0.05) is 24.7 Å². The molecule has 1 atom stereocenters. The van der Waals surface area contributed by atoms with Gasteiger partial charge in [-0.05, 0) is 32.9 Å². The molecule has 1 N–H and O–H groups in total. The number of carbonyl (C=O) groups is 1. The first-order chi connectivity index (χ1) is 9.22. The Bertz CT molecular complexity index is 428. The number of rotatable bonds is 5. The molecule has 0 spiro atoms. The van der Waals surface area contributed by atoms with Gasteiger partial charge in [-0.3, -0.25) is 4.79 Å². The van der Waals surface area contributed by atoms with Crippen LogP contribution in [0.25, 0.3) is 0 Å². The molecular formula is C15H22N2O2. The molecule has 104 valence electrons. The fourth-order valence-corrected chi connectivity index (χ4v) is 2.32. The molecule has 1 unspecified atom stereocenters. The molecule has 2 rings (SSSR count). The van der Waals surface area contributed by atoms with Gasteiger partial charge >= 0.3 is 0 Å². The summed E-state index contributed by atoms with van der Waals surface area (Å²) in [6.45, 7) is 3.95. The molecule has 1 aliphatic heterocycles. The molecule has 0 radical (unpaired) electrons. The van der Waals surface area contributed by atoms with Crippen molar-refractivity contribution in [2.24, 2.45) is 0 Å². The van der Waals surface area contributed by atoms with Crippen molar-refractivity contribution in [3.8, 4) is 5.75 Å². The lowest BCUT2D eigenvalue weighted by Crippen LogP contribution is -2.32. The summed E-state index contributed by atoms with van der Waals surface area (Å²) in [7, 11) is 1.91. The number of likely N-dealkylation sites (tertiary alicyclic amines) is 1. The highest BCUT2D eigenvalue weighted by Gasteiger charge is 2.19. The highest BCUT2D eigenvalue weighted by Crippen LogP contribution is 2.24. The highest BCUT2D eigenvalue weighted by atomic mass is 16.5. The minimum absolute atomic E-state index is 0.0874. The fourth-order valence-electron chi connectivity index (χ4n) is 2.32. The zero-order valence-corrected chi connectivity index (χ0v) is 11.7. The molecule has 1 aromatic carbocycles. The lowest BCUT2D eigenvalue weighted by molar-refractivity contribution is -0.132. The lowest BCUT2D eigenvalue weighted by Gasteiger charge is -2.18. The van der Waals surface area contributed by atoms with E-state index in [1.807, 2.05) is 36.2 Å². The maximum atomic E-state index is 12.0. The SMILES string of the molecule is CNC(C)c1ccccc1OCC(=O)N1CCCC1. The van der Waals surface area contributed by atoms with Crippen LogP contribution in [0.4, 0.5) is 0 Å². The van der Waals surface area contributed by atoms with Crippen LogP contribution in [0.5, 0.6) is 5.75 Å². The number of hydrogen-bond acceptors (Lipinski definition) is 3. The maximum absolute atomic E-state index is 12.0. The summed E-state index contributed by atoms with van der Waals surface area (Å²) in [4.78, 5) is 13.8. The number of benzene rings is 1. The van der Waals surface area contributed by atoms with Crippen LogP contribution in [0, 0.1) is 0 Å². The van der Waals surface area contributed by atoms with E-state index in [-0.39, 0.29) is 18.6 Å². The van der Waals surface area contributed by atoms with Crippen molar-refractivity contribution in [3.63, 3.8) is 0 Å². The molecule has 0 aliphatic carbocycles. The smallest absolute Gasteiger partial charge is 0.260 e. The standard InChI is InChI=1S/C15H22N2O2/c1-12(16-2)13-7-3-4-8-14(13)19-11-15(18)17-9-5-6-10-17/h3-4,7-8,12,16H,5-6,9-11H2,1-2H3. The van der Waals surface area contributed by atoms with Gasteiger partial charge in [0.15, 0.2) is 6.61 Å². The minimum atomic E-state index is 0.0874. The third kappa shape index (κ3) is 3.47. The molecule has 1 aromatic rings. The molecule has 0 bridgehead atoms. The zero-order chi connectivity index (χ0) is 13.7. The van der Waals surface area contributed by atoms with Crippen molar-refractivity contribution in [1.29, 1.82) is 0 Å². The van der Waals surface area contributed by atoms with E-state index in [1.165, 1.54) is 0 Å². The Hall–Kier alpha value is -1.55. The minimum Gasteiger partial charge on any atom is -0.483 e. The topological polar surface area (TPSA) is 41.6 Å². The van der Waals surface area contributed by atoms with E-state index in [2.05, 4.69) is 12.2 Å². The average molecular weight is 262 g/mol. The summed E-state index contributed by atoms with van der Waals surface area (Å²) < 4.78 is 5.70. The molecule has 1 aliphatic rings. The van der Waals surface area contributed by atoms with Crippen LogP contribution in [0.3, 0.4) is 0 Å². The van der Waals surface area contributed by atoms with Gasteiger partial charge in [0.1, 0.15) is 5.75 Å². The van der Waals surface area contributed by atoms with E-state index in [0.717, 1.165) is 37.2 Å². The average Bonchev–Trinajstić information content (AvgIpc) is 2.98. The van der Waals surface area contributed by atoms with Gasteiger partial charge in [0.05, 0.1) is 0 Å². The fraction of sp³-hybridized carbons (Fsp3) is 0.533. The number of ether oxygens (including phenoxy) is 1. The second-order valence-corrected chi connectivity index (χ2v) is 4.92. The van der Waals surface area contributed by atoms with Crippen molar-refractivity contribution in [2.75, 3.05) is 26.7 Å². The highest BCUT2D eigenvalue weighted by molar-refractivity contribution is 5.78. The molecule has 19 heavy (non-hydrogen) atoms. The molecule has 0 saturated carbocycles. The Morgan fingerprint density at radius 3 is 2.74 bits per heavy atom. The third-order valence-corrected chi connectivity index (χ3v) is 3.63. The van der Waals surface area contributed by atoms with Crippen LogP contribution >= 0.6 is 0 Å². The molecule has 1 saturated heterocycles. The number of carbonyl (C=O) groups excluding carboxylic acids is 1. The van der Waals surface area contributed by atoms with Gasteiger partial charge in [-0.1, -0.05) is 18.2 Å². The molecule has 0 aromatic heterocycles. The first-order valence-electron chi connectivity index (χ1n) is 6.89. The molecule has 1 heterocycles. The van der Waals surface area contributed by atoms with Crippen LogP contribution in [0.1, 0.15) is 31.4 Å². The van der Waals surface area contributed by atoms with E-state index < -0.39 is 0 Å². The summed E-state index contributed by atoms with van der Waals surface area (Å²) in [5.74, 6) is 0.876. The largest absolute Gasteiger partial charge is 0.483 e. The summed E-state index contributed by atoms with van der Waals surface area (Å²) in [5, 5.41) is 3.19. The van der Waals surface area contributed by atoms with E-state index in [1.54, 1.807) is 0 Å². The Morgan fingerprint density at radius 2 is 2.05 bits per heavy atom. The summed E-state index contributed by atoms with van der Waals surface area (Å²) in [6, 6.07) is 8.06. The van der Waals surface area contributed by atoms with Crippen molar-refractivity contribution in [3.05, 3.63) is 29.8 Å². The Morgan fingerprint density at radius 1 is 1.37 bits per heavy atom. The normalized spacial score (nSPS) is 16.4. The predicted octanol–water partition coefficient (Wildman–Crippen LogP) is 1.97. The van der Waals surface area contributed by atoms with E-state index in [4.69, 9.17) is 4.74 Å². The molecule has 1 amide bonds. The van der Waals surface area contributed by atoms with Crippen molar-refractivity contribution in [2.45, 2.75) is 25.8 Å². The second kappa shape index (κ2) is 6.57.